The Hall–Kier alpha value is -4.71. The predicted octanol–water partition coefficient (Wildman–Crippen LogP) is 9.27. The molecule has 0 aliphatic rings. The Morgan fingerprint density at radius 2 is 1.05 bits per heavy atom. The van der Waals surface area contributed by atoms with Gasteiger partial charge in [0.25, 0.3) is 0 Å². The molecule has 0 amide bonds. The van der Waals surface area contributed by atoms with Crippen LogP contribution in [0.3, 0.4) is 0 Å². The van der Waals surface area contributed by atoms with Crippen LogP contribution in [-0.2, 0) is 0 Å². The van der Waals surface area contributed by atoms with E-state index in [4.69, 9.17) is 0 Å². The Morgan fingerprint density at radius 1 is 0.553 bits per heavy atom. The number of thiophene rings is 1. The first kappa shape index (κ1) is 31.3. The van der Waals surface area contributed by atoms with Crippen LogP contribution in [0.4, 0.5) is 0 Å². The number of nitrogens with one attached hydrogen (secondary N) is 1. The number of aromatic nitrogens is 2. The third-order valence-corrected chi connectivity index (χ3v) is 4.81. The molecular weight excluding hydrogens is 488 g/mol. The summed E-state index contributed by atoms with van der Waals surface area (Å²) in [5.41, 5.74) is 0. The fourth-order valence-corrected chi connectivity index (χ4v) is 2.97. The van der Waals surface area contributed by atoms with Crippen molar-refractivity contribution in [3.8, 4) is 0 Å². The van der Waals surface area contributed by atoms with E-state index in [0.29, 0.717) is 0 Å². The van der Waals surface area contributed by atoms with Crippen LogP contribution in [0.2, 0.25) is 0 Å². The summed E-state index contributed by atoms with van der Waals surface area (Å²) in [7, 11) is 0. The molecule has 0 aliphatic carbocycles. The third-order valence-electron chi connectivity index (χ3n) is 4.18. The molecule has 2 radical (unpaired) electrons. The van der Waals surface area contributed by atoms with Crippen LogP contribution in [0.25, 0.3) is 10.8 Å². The standard InChI is InChI=1S/C10H8.C6H5.C5H5N.C4H5N.C4H4O.C4H4S.HO/c1-2-6-10-8-4-3-7-9(10)5-1;2*1-2-4-6-5-3-1;3*1-2-4-5-3-1;/h1-8H;2*1-5H;1-5H;2*1-4H;1H. The summed E-state index contributed by atoms with van der Waals surface area (Å²) >= 11 is 1.71. The summed E-state index contributed by atoms with van der Waals surface area (Å²) in [6.07, 6.45) is 10.5. The molecule has 0 saturated carbocycles. The molecule has 0 fully saturated rings. The van der Waals surface area contributed by atoms with Crippen LogP contribution < -0.4 is 0 Å². The highest BCUT2D eigenvalue weighted by Crippen LogP contribution is 2.11. The minimum atomic E-state index is 0. The highest BCUT2D eigenvalue weighted by Gasteiger charge is 1.85. The quantitative estimate of drug-likeness (QED) is 0.209. The van der Waals surface area contributed by atoms with E-state index >= 15 is 0 Å². The molecule has 38 heavy (non-hydrogen) atoms. The number of furan rings is 1. The van der Waals surface area contributed by atoms with Crippen LogP contribution >= 0.6 is 11.3 Å². The second kappa shape index (κ2) is 24.0. The van der Waals surface area contributed by atoms with E-state index in [2.05, 4.69) is 69.0 Å². The highest BCUT2D eigenvalue weighted by molar-refractivity contribution is 7.07. The zero-order valence-electron chi connectivity index (χ0n) is 21.0. The zero-order chi connectivity index (χ0) is 25.9. The summed E-state index contributed by atoms with van der Waals surface area (Å²) in [6, 6.07) is 46.5. The van der Waals surface area contributed by atoms with Crippen molar-refractivity contribution in [3.05, 3.63) is 188 Å². The van der Waals surface area contributed by atoms with E-state index in [1.807, 2.05) is 108 Å². The van der Waals surface area contributed by atoms with Crippen LogP contribution in [0.1, 0.15) is 0 Å². The topological polar surface area (TPSA) is 71.8 Å². The number of nitrogens with zero attached hydrogens (tertiary/aromatic N) is 1. The third kappa shape index (κ3) is 17.7. The summed E-state index contributed by atoms with van der Waals surface area (Å²) in [4.78, 5) is 6.65. The number of aromatic amines is 1. The van der Waals surface area contributed by atoms with E-state index < -0.39 is 0 Å². The van der Waals surface area contributed by atoms with Gasteiger partial charge >= 0.3 is 0 Å². The van der Waals surface area contributed by atoms with Gasteiger partial charge in [-0.2, -0.15) is 11.3 Å². The molecule has 0 spiro atoms. The van der Waals surface area contributed by atoms with Crippen molar-refractivity contribution in [2.24, 2.45) is 0 Å². The lowest BCUT2D eigenvalue weighted by molar-refractivity contribution is 0.567. The zero-order valence-corrected chi connectivity index (χ0v) is 21.8. The molecule has 2 N–H and O–H groups in total. The molecule has 4 nitrogen and oxygen atoms in total. The van der Waals surface area contributed by atoms with Crippen molar-refractivity contribution < 1.29 is 9.89 Å². The normalized spacial score (nSPS) is 8.32. The molecule has 0 atom stereocenters. The first-order valence-corrected chi connectivity index (χ1v) is 12.6. The van der Waals surface area contributed by atoms with E-state index in [9.17, 15) is 0 Å². The van der Waals surface area contributed by atoms with Gasteiger partial charge in [-0.25, -0.2) is 0 Å². The van der Waals surface area contributed by atoms with Crippen LogP contribution in [-0.4, -0.2) is 15.4 Å². The van der Waals surface area contributed by atoms with Crippen molar-refractivity contribution in [1.29, 1.82) is 0 Å². The van der Waals surface area contributed by atoms with Crippen LogP contribution in [0, 0.1) is 6.07 Å². The fraction of sp³-hybridized carbons (Fsp3) is 0. The van der Waals surface area contributed by atoms with Crippen molar-refractivity contribution in [2.75, 3.05) is 0 Å². The van der Waals surface area contributed by atoms with Crippen LogP contribution in [0.5, 0.6) is 0 Å². The summed E-state index contributed by atoms with van der Waals surface area (Å²) in [5, 5.41) is 6.70. The number of fused-ring (bicyclic) bond motifs is 1. The molecule has 5 heteroatoms. The van der Waals surface area contributed by atoms with Gasteiger partial charge in [-0.15, -0.1) is 0 Å². The first-order chi connectivity index (χ1) is 18.5. The van der Waals surface area contributed by atoms with Crippen molar-refractivity contribution in [2.45, 2.75) is 0 Å². The lowest BCUT2D eigenvalue weighted by Crippen LogP contribution is -1.67. The largest absolute Gasteiger partial charge is 0.473 e. The second-order valence-corrected chi connectivity index (χ2v) is 7.74. The van der Waals surface area contributed by atoms with Crippen LogP contribution in [0.15, 0.2) is 186 Å². The average Bonchev–Trinajstić information content (AvgIpc) is 3.83. The number of pyridine rings is 1. The van der Waals surface area contributed by atoms with Gasteiger partial charge in [-0.1, -0.05) is 97.1 Å². The number of H-pyrrole nitrogens is 1. The van der Waals surface area contributed by atoms with E-state index in [-0.39, 0.29) is 5.48 Å². The monoisotopic (exact) mass is 520 g/mol. The molecule has 3 aromatic carbocycles. The summed E-state index contributed by atoms with van der Waals surface area (Å²) in [6.45, 7) is 0. The number of hydrogen-bond acceptors (Lipinski definition) is 3. The maximum atomic E-state index is 4.58. The van der Waals surface area contributed by atoms with E-state index in [1.165, 1.54) is 10.8 Å². The molecule has 0 saturated heterocycles. The summed E-state index contributed by atoms with van der Waals surface area (Å²) < 4.78 is 4.58. The Labute approximate surface area is 229 Å². The van der Waals surface area contributed by atoms with E-state index in [0.717, 1.165) is 0 Å². The SMILES string of the molecule is [OH].[c]1ccccc1.c1cc[nH]c1.c1ccc2ccccc2c1.c1ccncc1.c1ccoc1.c1ccsc1. The van der Waals surface area contributed by atoms with Gasteiger partial charge in [0.05, 0.1) is 12.5 Å². The van der Waals surface area contributed by atoms with Gasteiger partial charge in [0, 0.05) is 24.8 Å². The van der Waals surface area contributed by atoms with Crippen molar-refractivity contribution in [3.63, 3.8) is 0 Å². The molecule has 4 aromatic heterocycles. The number of benzene rings is 3. The highest BCUT2D eigenvalue weighted by atomic mass is 32.1. The molecule has 7 rings (SSSR count). The minimum Gasteiger partial charge on any atom is -0.473 e. The fourth-order valence-electron chi connectivity index (χ4n) is 2.52. The van der Waals surface area contributed by atoms with Crippen molar-refractivity contribution in [1.82, 2.24) is 9.97 Å². The maximum Gasteiger partial charge on any atom is 0.0902 e. The predicted molar refractivity (Wildman–Crippen MR) is 159 cm³/mol. The van der Waals surface area contributed by atoms with Crippen molar-refractivity contribution >= 4 is 22.1 Å². The molecule has 4 heterocycles. The summed E-state index contributed by atoms with van der Waals surface area (Å²) in [5.74, 6) is 0. The lowest BCUT2D eigenvalue weighted by Gasteiger charge is -1.92. The van der Waals surface area contributed by atoms with Gasteiger partial charge in [0.2, 0.25) is 0 Å². The number of hydrogen-bond donors (Lipinski definition) is 2. The smallest absolute Gasteiger partial charge is 0.0902 e. The van der Waals surface area contributed by atoms with Gasteiger partial charge in [-0.3, -0.25) is 10.5 Å². The average molecular weight is 521 g/mol. The van der Waals surface area contributed by atoms with E-state index in [1.54, 1.807) is 36.3 Å². The molecule has 0 aliphatic heterocycles. The van der Waals surface area contributed by atoms with Gasteiger partial charge in [0.1, 0.15) is 0 Å². The van der Waals surface area contributed by atoms with Gasteiger partial charge < -0.3 is 9.40 Å². The Bertz CT molecular complexity index is 1040. The van der Waals surface area contributed by atoms with Gasteiger partial charge in [0.15, 0.2) is 0 Å². The number of rotatable bonds is 0. The Morgan fingerprint density at radius 3 is 1.26 bits per heavy atom. The maximum absolute atomic E-state index is 4.58. The Balaban J connectivity index is 0.000000232. The second-order valence-electron chi connectivity index (χ2n) is 6.92. The first-order valence-electron chi connectivity index (χ1n) is 11.7. The molecule has 7 aromatic rings. The molecule has 0 unspecified atom stereocenters. The van der Waals surface area contributed by atoms with Gasteiger partial charge in [-0.05, 0) is 64.0 Å². The molecule has 0 bridgehead atoms. The minimum absolute atomic E-state index is 0. The lowest BCUT2D eigenvalue weighted by atomic mass is 10.1. The Kier molecular flexibility index (Phi) is 19.8. The molecule has 192 valence electrons. The molecular formula is C33H32N2O2S.